The molecule has 2 rings (SSSR count). The van der Waals surface area contributed by atoms with Crippen molar-refractivity contribution in [2.75, 3.05) is 10.6 Å². The molecular formula is C17H23N4O2+. The smallest absolute Gasteiger partial charge is 0.243 e. The van der Waals surface area contributed by atoms with Gasteiger partial charge in [-0.15, -0.1) is 0 Å². The fourth-order valence-electron chi connectivity index (χ4n) is 2.48. The van der Waals surface area contributed by atoms with Gasteiger partial charge in [0.1, 0.15) is 12.4 Å². The molecule has 0 bridgehead atoms. The van der Waals surface area contributed by atoms with Gasteiger partial charge in [-0.25, -0.2) is 9.13 Å². The van der Waals surface area contributed by atoms with Crippen molar-refractivity contribution in [2.45, 2.75) is 33.2 Å². The number of carbonyl (C=O) groups excluding carboxylic acids is 2. The van der Waals surface area contributed by atoms with Crippen LogP contribution in [0.25, 0.3) is 0 Å². The molecule has 122 valence electrons. The van der Waals surface area contributed by atoms with Crippen molar-refractivity contribution in [1.29, 1.82) is 0 Å². The largest absolute Gasteiger partial charge is 0.326 e. The van der Waals surface area contributed by atoms with Gasteiger partial charge in [0.15, 0.2) is 0 Å². The van der Waals surface area contributed by atoms with E-state index in [4.69, 9.17) is 0 Å². The second-order valence-corrected chi connectivity index (χ2v) is 5.65. The highest BCUT2D eigenvalue weighted by Crippen LogP contribution is 2.22. The number of amides is 2. The number of rotatable bonds is 6. The van der Waals surface area contributed by atoms with Crippen molar-refractivity contribution in [2.24, 2.45) is 7.05 Å². The molecule has 0 aliphatic heterocycles. The van der Waals surface area contributed by atoms with Crippen LogP contribution in [0.5, 0.6) is 0 Å². The Balaban J connectivity index is 2.08. The Morgan fingerprint density at radius 2 is 1.91 bits per heavy atom. The van der Waals surface area contributed by atoms with Crippen molar-refractivity contribution in [1.82, 2.24) is 4.57 Å². The van der Waals surface area contributed by atoms with Gasteiger partial charge in [-0.3, -0.25) is 9.59 Å². The zero-order chi connectivity index (χ0) is 16.8. The zero-order valence-corrected chi connectivity index (χ0v) is 13.8. The van der Waals surface area contributed by atoms with Crippen LogP contribution in [0.2, 0.25) is 0 Å². The van der Waals surface area contributed by atoms with Gasteiger partial charge in [0.05, 0.1) is 13.6 Å². The van der Waals surface area contributed by atoms with Gasteiger partial charge in [-0.1, -0.05) is 0 Å². The summed E-state index contributed by atoms with van der Waals surface area (Å²) in [6, 6.07) is 5.54. The van der Waals surface area contributed by atoms with E-state index >= 15 is 0 Å². The van der Waals surface area contributed by atoms with Gasteiger partial charge in [0.25, 0.3) is 0 Å². The van der Waals surface area contributed by atoms with Crippen LogP contribution in [0.1, 0.15) is 25.8 Å². The van der Waals surface area contributed by atoms with Gasteiger partial charge >= 0.3 is 0 Å². The van der Waals surface area contributed by atoms with Gasteiger partial charge in [0, 0.05) is 25.2 Å². The molecule has 0 fully saturated rings. The summed E-state index contributed by atoms with van der Waals surface area (Å²) < 4.78 is 4.12. The van der Waals surface area contributed by atoms with Gasteiger partial charge in [-0.05, 0) is 36.6 Å². The first-order valence-corrected chi connectivity index (χ1v) is 7.63. The van der Waals surface area contributed by atoms with E-state index in [2.05, 4.69) is 15.2 Å². The highest BCUT2D eigenvalue weighted by Gasteiger charge is 2.08. The molecule has 0 unspecified atom stereocenters. The third-order valence-electron chi connectivity index (χ3n) is 3.42. The lowest BCUT2D eigenvalue weighted by Crippen LogP contribution is -2.23. The van der Waals surface area contributed by atoms with E-state index in [9.17, 15) is 9.59 Å². The number of nitrogens with zero attached hydrogens (tertiary/aromatic N) is 2. The van der Waals surface area contributed by atoms with Crippen molar-refractivity contribution in [3.8, 4) is 0 Å². The predicted octanol–water partition coefficient (Wildman–Crippen LogP) is 1.86. The first-order valence-electron chi connectivity index (χ1n) is 7.63. The first kappa shape index (κ1) is 16.7. The zero-order valence-electron chi connectivity index (χ0n) is 13.8. The number of aromatic nitrogens is 2. The summed E-state index contributed by atoms with van der Waals surface area (Å²) in [4.78, 5) is 22.5. The van der Waals surface area contributed by atoms with E-state index in [1.807, 2.05) is 42.5 Å². The summed E-state index contributed by atoms with van der Waals surface area (Å²) in [6.07, 6.45) is 7.81. The lowest BCUT2D eigenvalue weighted by Gasteiger charge is -2.12. The maximum absolute atomic E-state index is 11.3. The molecule has 1 aromatic carbocycles. The van der Waals surface area contributed by atoms with Crippen LogP contribution < -0.4 is 15.2 Å². The molecule has 0 spiro atoms. The molecule has 2 amide bonds. The van der Waals surface area contributed by atoms with E-state index in [1.165, 1.54) is 13.8 Å². The van der Waals surface area contributed by atoms with Crippen LogP contribution in [0, 0.1) is 0 Å². The normalized spacial score (nSPS) is 10.4. The minimum Gasteiger partial charge on any atom is -0.326 e. The number of hydrogen-bond acceptors (Lipinski definition) is 2. The van der Waals surface area contributed by atoms with Gasteiger partial charge in [-0.2, -0.15) is 0 Å². The first-order chi connectivity index (χ1) is 10.9. The Hall–Kier alpha value is -2.63. The van der Waals surface area contributed by atoms with Gasteiger partial charge < -0.3 is 10.6 Å². The number of imidazole rings is 1. The highest BCUT2D eigenvalue weighted by molar-refractivity contribution is 5.92. The molecule has 6 nitrogen and oxygen atoms in total. The van der Waals surface area contributed by atoms with Gasteiger partial charge in [0.2, 0.25) is 18.1 Å². The number of hydrogen-bond donors (Lipinski definition) is 2. The van der Waals surface area contributed by atoms with Crippen molar-refractivity contribution >= 4 is 23.2 Å². The molecule has 23 heavy (non-hydrogen) atoms. The van der Waals surface area contributed by atoms with E-state index < -0.39 is 0 Å². The Morgan fingerprint density at radius 1 is 1.17 bits per heavy atom. The Kier molecular flexibility index (Phi) is 5.51. The fraction of sp³-hybridized carbons (Fsp3) is 0.353. The Morgan fingerprint density at radius 3 is 2.52 bits per heavy atom. The quantitative estimate of drug-likeness (QED) is 0.799. The minimum absolute atomic E-state index is 0.101. The average Bonchev–Trinajstić information content (AvgIpc) is 2.86. The van der Waals surface area contributed by atoms with Crippen LogP contribution in [-0.4, -0.2) is 16.4 Å². The molecule has 1 aromatic heterocycles. The molecule has 0 saturated heterocycles. The molecule has 0 saturated carbocycles. The lowest BCUT2D eigenvalue weighted by atomic mass is 10.1. The molecule has 0 aliphatic carbocycles. The summed E-state index contributed by atoms with van der Waals surface area (Å²) in [6.45, 7) is 3.86. The third kappa shape index (κ3) is 5.25. The highest BCUT2D eigenvalue weighted by atomic mass is 16.2. The second-order valence-electron chi connectivity index (χ2n) is 5.65. The number of benzene rings is 1. The number of anilines is 2. The van der Waals surface area contributed by atoms with Crippen molar-refractivity contribution in [3.63, 3.8) is 0 Å². The summed E-state index contributed by atoms with van der Waals surface area (Å²) in [5.74, 6) is -0.209. The summed E-state index contributed by atoms with van der Waals surface area (Å²) >= 11 is 0. The minimum atomic E-state index is -0.108. The predicted molar refractivity (Wildman–Crippen MR) is 89.0 cm³/mol. The van der Waals surface area contributed by atoms with Crippen LogP contribution in [-0.2, 0) is 29.6 Å². The monoisotopic (exact) mass is 315 g/mol. The van der Waals surface area contributed by atoms with Crippen molar-refractivity contribution < 1.29 is 14.2 Å². The molecule has 1 heterocycles. The van der Waals surface area contributed by atoms with E-state index in [-0.39, 0.29) is 11.8 Å². The van der Waals surface area contributed by atoms with Crippen LogP contribution in [0.4, 0.5) is 11.4 Å². The molecular weight excluding hydrogens is 292 g/mol. The van der Waals surface area contributed by atoms with Crippen LogP contribution >= 0.6 is 0 Å². The fourth-order valence-corrected chi connectivity index (χ4v) is 2.48. The van der Waals surface area contributed by atoms with Crippen LogP contribution in [0.15, 0.2) is 36.9 Å². The summed E-state index contributed by atoms with van der Waals surface area (Å²) in [5, 5.41) is 5.62. The molecule has 0 atom stereocenters. The van der Waals surface area contributed by atoms with E-state index in [0.717, 1.165) is 36.3 Å². The number of aryl methyl sites for hydroxylation is 3. The molecule has 6 heteroatoms. The molecule has 2 aromatic rings. The average molecular weight is 315 g/mol. The third-order valence-corrected chi connectivity index (χ3v) is 3.42. The standard InChI is InChI=1S/C17H22N4O2/c1-13(22)18-16-6-7-17(19-14(2)23)15(11-16)5-4-8-21-10-9-20(3)12-21/h6-7,9-12H,4-5,8H2,1-3H3,(H-,18,19,22,23)/p+1. The Bertz CT molecular complexity index is 706. The van der Waals surface area contributed by atoms with Crippen molar-refractivity contribution in [3.05, 3.63) is 42.5 Å². The maximum atomic E-state index is 11.3. The number of nitrogens with one attached hydrogen (secondary N) is 2. The number of carbonyl (C=O) groups is 2. The Labute approximate surface area is 136 Å². The van der Waals surface area contributed by atoms with E-state index in [0.29, 0.717) is 0 Å². The topological polar surface area (TPSA) is 67.0 Å². The van der Waals surface area contributed by atoms with E-state index in [1.54, 1.807) is 6.07 Å². The second kappa shape index (κ2) is 7.58. The molecule has 0 radical (unpaired) electrons. The SMILES string of the molecule is CC(=O)Nc1ccc(NC(C)=O)c(CCCn2cc[n+](C)c2)c1. The molecule has 2 N–H and O–H groups in total. The lowest BCUT2D eigenvalue weighted by molar-refractivity contribution is -0.671. The maximum Gasteiger partial charge on any atom is 0.243 e. The molecule has 0 aliphatic rings. The van der Waals surface area contributed by atoms with Crippen LogP contribution in [0.3, 0.4) is 0 Å². The summed E-state index contributed by atoms with van der Waals surface area (Å²) in [5.41, 5.74) is 2.56. The summed E-state index contributed by atoms with van der Waals surface area (Å²) in [7, 11) is 1.99.